The molecule has 1 unspecified atom stereocenters. The van der Waals surface area contributed by atoms with Gasteiger partial charge in [0.1, 0.15) is 0 Å². The number of methoxy groups -OCH3 is 1. The zero-order chi connectivity index (χ0) is 15.0. The summed E-state index contributed by atoms with van der Waals surface area (Å²) in [5.41, 5.74) is 2.33. The third-order valence-electron chi connectivity index (χ3n) is 2.55. The van der Waals surface area contributed by atoms with Gasteiger partial charge in [-0.3, -0.25) is 4.79 Å². The Morgan fingerprint density at radius 1 is 1.45 bits per heavy atom. The van der Waals surface area contributed by atoms with Crippen LogP contribution in [-0.2, 0) is 20.1 Å². The van der Waals surface area contributed by atoms with Gasteiger partial charge >= 0.3 is 5.97 Å². The minimum absolute atomic E-state index is 0.0381. The average molecular weight is 297 g/mol. The normalized spacial score (nSPS) is 11.9. The Morgan fingerprint density at radius 2 is 2.20 bits per heavy atom. The second kappa shape index (κ2) is 8.60. The van der Waals surface area contributed by atoms with Crippen molar-refractivity contribution in [1.82, 2.24) is 5.32 Å². The lowest BCUT2D eigenvalue weighted by Gasteiger charge is -2.13. The molecule has 0 radical (unpaired) electrons. The highest BCUT2D eigenvalue weighted by Crippen LogP contribution is 2.13. The van der Waals surface area contributed by atoms with Gasteiger partial charge < -0.3 is 15.2 Å². The number of rotatable bonds is 8. The Kier molecular flexibility index (Phi) is 7.11. The van der Waals surface area contributed by atoms with Crippen molar-refractivity contribution < 1.29 is 19.4 Å². The van der Waals surface area contributed by atoms with Gasteiger partial charge in [-0.2, -0.15) is 0 Å². The lowest BCUT2D eigenvalue weighted by Crippen LogP contribution is -2.44. The molecule has 0 heterocycles. The Bertz CT molecular complexity index is 464. The van der Waals surface area contributed by atoms with Gasteiger partial charge in [-0.1, -0.05) is 29.8 Å². The van der Waals surface area contributed by atoms with Crippen LogP contribution in [0.2, 0.25) is 0 Å². The lowest BCUT2D eigenvalue weighted by atomic mass is 10.2. The first kappa shape index (κ1) is 16.5. The van der Waals surface area contributed by atoms with E-state index in [4.69, 9.17) is 9.84 Å². The highest BCUT2D eigenvalue weighted by molar-refractivity contribution is 7.99. The van der Waals surface area contributed by atoms with E-state index in [1.807, 2.05) is 25.1 Å². The maximum absolute atomic E-state index is 11.6. The van der Waals surface area contributed by atoms with Crippen LogP contribution in [0.25, 0.3) is 0 Å². The molecule has 0 saturated carbocycles. The van der Waals surface area contributed by atoms with Crippen molar-refractivity contribution in [2.75, 3.05) is 19.5 Å². The zero-order valence-corrected chi connectivity index (χ0v) is 12.4. The molecule has 0 bridgehead atoms. The van der Waals surface area contributed by atoms with Gasteiger partial charge in [0.25, 0.3) is 0 Å². The summed E-state index contributed by atoms with van der Waals surface area (Å²) in [5.74, 6) is -0.450. The predicted molar refractivity (Wildman–Crippen MR) is 78.8 cm³/mol. The van der Waals surface area contributed by atoms with Gasteiger partial charge in [-0.25, -0.2) is 4.79 Å². The molecule has 0 aliphatic carbocycles. The number of carbonyl (C=O) groups is 2. The van der Waals surface area contributed by atoms with E-state index in [2.05, 4.69) is 11.4 Å². The summed E-state index contributed by atoms with van der Waals surface area (Å²) >= 11 is 1.45. The van der Waals surface area contributed by atoms with Crippen molar-refractivity contribution >= 4 is 23.6 Å². The molecule has 1 aromatic carbocycles. The van der Waals surface area contributed by atoms with Gasteiger partial charge in [0.2, 0.25) is 5.91 Å². The highest BCUT2D eigenvalue weighted by Gasteiger charge is 2.19. The molecule has 0 aromatic heterocycles. The van der Waals surface area contributed by atoms with E-state index in [1.165, 1.54) is 24.4 Å². The van der Waals surface area contributed by atoms with E-state index < -0.39 is 12.0 Å². The molecule has 1 aromatic rings. The molecule has 110 valence electrons. The first-order chi connectivity index (χ1) is 9.52. The summed E-state index contributed by atoms with van der Waals surface area (Å²) in [6, 6.07) is 7.07. The van der Waals surface area contributed by atoms with E-state index in [1.54, 1.807) is 0 Å². The van der Waals surface area contributed by atoms with Crippen molar-refractivity contribution in [3.05, 3.63) is 35.4 Å². The Labute approximate surface area is 122 Å². The number of carbonyl (C=O) groups excluding carboxylic acids is 1. The molecule has 6 heteroatoms. The van der Waals surface area contributed by atoms with E-state index in [-0.39, 0.29) is 18.3 Å². The van der Waals surface area contributed by atoms with Gasteiger partial charge in [-0.15, -0.1) is 11.8 Å². The van der Waals surface area contributed by atoms with Crippen molar-refractivity contribution in [3.8, 4) is 0 Å². The fourth-order valence-electron chi connectivity index (χ4n) is 1.64. The largest absolute Gasteiger partial charge is 0.480 e. The Balaban J connectivity index is 2.34. The summed E-state index contributed by atoms with van der Waals surface area (Å²) in [5, 5.41) is 11.3. The van der Waals surface area contributed by atoms with E-state index >= 15 is 0 Å². The number of carboxylic acids is 1. The van der Waals surface area contributed by atoms with Crippen LogP contribution in [0.4, 0.5) is 0 Å². The van der Waals surface area contributed by atoms with Crippen LogP contribution in [0.5, 0.6) is 0 Å². The molecule has 0 saturated heterocycles. The molecule has 0 spiro atoms. The number of aliphatic carboxylic acids is 1. The van der Waals surface area contributed by atoms with E-state index in [0.29, 0.717) is 0 Å². The average Bonchev–Trinajstić information content (AvgIpc) is 2.38. The quantitative estimate of drug-likeness (QED) is 0.759. The molecule has 5 nitrogen and oxygen atoms in total. The number of amides is 1. The molecule has 1 rings (SSSR count). The third-order valence-corrected chi connectivity index (χ3v) is 3.55. The fraction of sp³-hybridized carbons (Fsp3) is 0.429. The van der Waals surface area contributed by atoms with Crippen LogP contribution in [0.1, 0.15) is 11.1 Å². The topological polar surface area (TPSA) is 75.6 Å². The molecule has 0 aliphatic heterocycles. The zero-order valence-electron chi connectivity index (χ0n) is 11.6. The van der Waals surface area contributed by atoms with Crippen LogP contribution in [-0.4, -0.2) is 42.5 Å². The molecular weight excluding hydrogens is 278 g/mol. The second-order valence-corrected chi connectivity index (χ2v) is 5.38. The number of ether oxygens (including phenoxy) is 1. The number of hydrogen-bond donors (Lipinski definition) is 2. The van der Waals surface area contributed by atoms with E-state index in [0.717, 1.165) is 11.3 Å². The number of hydrogen-bond acceptors (Lipinski definition) is 4. The third kappa shape index (κ3) is 6.08. The van der Waals surface area contributed by atoms with Gasteiger partial charge in [-0.05, 0) is 12.5 Å². The molecular formula is C14H19NO4S. The first-order valence-corrected chi connectivity index (χ1v) is 7.32. The van der Waals surface area contributed by atoms with Crippen LogP contribution in [0.3, 0.4) is 0 Å². The molecule has 2 N–H and O–H groups in total. The van der Waals surface area contributed by atoms with Crippen LogP contribution < -0.4 is 5.32 Å². The maximum Gasteiger partial charge on any atom is 0.328 e. The lowest BCUT2D eigenvalue weighted by molar-refractivity contribution is -0.142. The summed E-state index contributed by atoms with van der Waals surface area (Å²) in [6.07, 6.45) is 0. The minimum atomic E-state index is -1.09. The summed E-state index contributed by atoms with van der Waals surface area (Å²) in [7, 11) is 1.40. The highest BCUT2D eigenvalue weighted by atomic mass is 32.2. The Morgan fingerprint density at radius 3 is 2.80 bits per heavy atom. The van der Waals surface area contributed by atoms with Crippen LogP contribution in [0, 0.1) is 6.92 Å². The van der Waals surface area contributed by atoms with Crippen LogP contribution >= 0.6 is 11.8 Å². The summed E-state index contributed by atoms with van der Waals surface area (Å²) in [4.78, 5) is 22.5. The minimum Gasteiger partial charge on any atom is -0.480 e. The Hall–Kier alpha value is -1.53. The number of nitrogens with one attached hydrogen (secondary N) is 1. The number of aryl methyl sites for hydroxylation is 1. The van der Waals surface area contributed by atoms with Gasteiger partial charge in [0.05, 0.1) is 12.4 Å². The molecule has 20 heavy (non-hydrogen) atoms. The maximum atomic E-state index is 11.6. The molecule has 1 amide bonds. The number of benzene rings is 1. The second-order valence-electron chi connectivity index (χ2n) is 4.40. The smallest absolute Gasteiger partial charge is 0.328 e. The fourth-order valence-corrected chi connectivity index (χ4v) is 2.43. The van der Waals surface area contributed by atoms with Gasteiger partial charge in [0, 0.05) is 12.9 Å². The summed E-state index contributed by atoms with van der Waals surface area (Å²) in [6.45, 7) is 1.98. The first-order valence-electron chi connectivity index (χ1n) is 6.17. The van der Waals surface area contributed by atoms with Crippen molar-refractivity contribution in [1.29, 1.82) is 0 Å². The van der Waals surface area contributed by atoms with Crippen molar-refractivity contribution in [2.24, 2.45) is 0 Å². The standard InChI is InChI=1S/C14H19NO4S/c1-10-4-3-5-11(6-10)8-20-9-13(16)15-12(7-19-2)14(17)18/h3-6,12H,7-9H2,1-2H3,(H,15,16)(H,17,18). The summed E-state index contributed by atoms with van der Waals surface area (Å²) < 4.78 is 4.75. The predicted octanol–water partition coefficient (Wildman–Crippen LogP) is 1.44. The molecule has 1 atom stereocenters. The molecule has 0 fully saturated rings. The van der Waals surface area contributed by atoms with E-state index in [9.17, 15) is 9.59 Å². The SMILES string of the molecule is COCC(NC(=O)CSCc1cccc(C)c1)C(=O)O. The number of carboxylic acid groups (broad SMARTS) is 1. The molecule has 0 aliphatic rings. The van der Waals surface area contributed by atoms with Crippen molar-refractivity contribution in [3.63, 3.8) is 0 Å². The van der Waals surface area contributed by atoms with Gasteiger partial charge in [0.15, 0.2) is 6.04 Å². The number of thioether (sulfide) groups is 1. The van der Waals surface area contributed by atoms with Crippen molar-refractivity contribution in [2.45, 2.75) is 18.7 Å². The van der Waals surface area contributed by atoms with Crippen LogP contribution in [0.15, 0.2) is 24.3 Å². The monoisotopic (exact) mass is 297 g/mol.